The predicted octanol–water partition coefficient (Wildman–Crippen LogP) is 3.37. The molecule has 1 heterocycles. The van der Waals surface area contributed by atoms with E-state index >= 15 is 0 Å². The number of hydrogen-bond donors (Lipinski definition) is 0. The Morgan fingerprint density at radius 2 is 2.00 bits per heavy atom. The first-order valence-corrected chi connectivity index (χ1v) is 7.17. The molecule has 1 aromatic carbocycles. The minimum absolute atomic E-state index is 0.127. The maximum atomic E-state index is 11.7. The molecule has 0 N–H and O–H groups in total. The minimum atomic E-state index is -0.256. The molecule has 3 heteroatoms. The number of unbranched alkanes of at least 4 members (excludes halogenated alkanes) is 3. The summed E-state index contributed by atoms with van der Waals surface area (Å²) in [5.41, 5.74) is 1.91. The van der Waals surface area contributed by atoms with Gasteiger partial charge in [0.15, 0.2) is 0 Å². The van der Waals surface area contributed by atoms with E-state index in [-0.39, 0.29) is 12.1 Å². The van der Waals surface area contributed by atoms with Crippen LogP contribution in [0.3, 0.4) is 0 Å². The number of hydrogen-bond acceptors (Lipinski definition) is 3. The van der Waals surface area contributed by atoms with Crippen LogP contribution in [-0.4, -0.2) is 25.3 Å². The largest absolute Gasteiger partial charge is 0.459 e. The number of carbonyl (C=O) groups excluding carboxylic acids is 1. The van der Waals surface area contributed by atoms with E-state index in [9.17, 15) is 4.79 Å². The maximum absolute atomic E-state index is 11.7. The molecule has 1 fully saturated rings. The molecule has 0 saturated carbocycles. The molecule has 1 aliphatic heterocycles. The van der Waals surface area contributed by atoms with Crippen LogP contribution in [0.1, 0.15) is 48.5 Å². The van der Waals surface area contributed by atoms with Crippen molar-refractivity contribution in [2.24, 2.45) is 0 Å². The molecule has 0 aliphatic carbocycles. The zero-order valence-corrected chi connectivity index (χ0v) is 11.6. The van der Waals surface area contributed by atoms with Gasteiger partial charge in [0.05, 0.1) is 12.2 Å². The van der Waals surface area contributed by atoms with Crippen LogP contribution in [0.5, 0.6) is 0 Å². The van der Waals surface area contributed by atoms with Gasteiger partial charge in [-0.25, -0.2) is 4.79 Å². The summed E-state index contributed by atoms with van der Waals surface area (Å²) in [7, 11) is 0. The second-order valence-corrected chi connectivity index (χ2v) is 5.06. The summed E-state index contributed by atoms with van der Waals surface area (Å²) >= 11 is 0. The molecule has 0 spiro atoms. The molecule has 1 atom stereocenters. The molecule has 1 aromatic rings. The van der Waals surface area contributed by atoms with Crippen LogP contribution >= 0.6 is 0 Å². The van der Waals surface area contributed by atoms with Crippen molar-refractivity contribution in [1.82, 2.24) is 0 Å². The number of rotatable bonds is 8. The van der Waals surface area contributed by atoms with Crippen LogP contribution in [0.2, 0.25) is 0 Å². The standard InChI is InChI=1S/C16H22O3/c1-2-3-4-5-6-13-7-9-14(10-8-13)16(17)19-12-15-11-18-15/h7-10,15H,2-6,11-12H2,1H3. The van der Waals surface area contributed by atoms with Crippen molar-refractivity contribution in [3.8, 4) is 0 Å². The first-order valence-electron chi connectivity index (χ1n) is 7.17. The van der Waals surface area contributed by atoms with Crippen molar-refractivity contribution < 1.29 is 14.3 Å². The van der Waals surface area contributed by atoms with Crippen LogP contribution < -0.4 is 0 Å². The van der Waals surface area contributed by atoms with Gasteiger partial charge in [-0.2, -0.15) is 0 Å². The summed E-state index contributed by atoms with van der Waals surface area (Å²) < 4.78 is 10.1. The minimum Gasteiger partial charge on any atom is -0.459 e. The summed E-state index contributed by atoms with van der Waals surface area (Å²) in [4.78, 5) is 11.7. The number of esters is 1. The third kappa shape index (κ3) is 5.03. The monoisotopic (exact) mass is 262 g/mol. The average Bonchev–Trinajstić information content (AvgIpc) is 3.26. The number of carbonyl (C=O) groups is 1. The van der Waals surface area contributed by atoms with Crippen LogP contribution in [0.25, 0.3) is 0 Å². The quantitative estimate of drug-likeness (QED) is 0.409. The lowest BCUT2D eigenvalue weighted by atomic mass is 10.0. The Balaban J connectivity index is 1.74. The van der Waals surface area contributed by atoms with Gasteiger partial charge in [0.1, 0.15) is 12.7 Å². The number of ether oxygens (including phenoxy) is 2. The molecule has 0 bridgehead atoms. The third-order valence-electron chi connectivity index (χ3n) is 3.31. The second kappa shape index (κ2) is 7.29. The molecule has 2 rings (SSSR count). The predicted molar refractivity (Wildman–Crippen MR) is 74.3 cm³/mol. The maximum Gasteiger partial charge on any atom is 0.338 e. The Morgan fingerprint density at radius 1 is 1.26 bits per heavy atom. The SMILES string of the molecule is CCCCCCc1ccc(C(=O)OCC2CO2)cc1. The molecule has 0 amide bonds. The Labute approximate surface area is 114 Å². The van der Waals surface area contributed by atoms with E-state index in [0.717, 1.165) is 6.42 Å². The molecular formula is C16H22O3. The summed E-state index contributed by atoms with van der Waals surface area (Å²) in [5, 5.41) is 0. The van der Waals surface area contributed by atoms with Crippen molar-refractivity contribution in [2.75, 3.05) is 13.2 Å². The Bertz CT molecular complexity index is 393. The molecular weight excluding hydrogens is 240 g/mol. The zero-order chi connectivity index (χ0) is 13.5. The first-order chi connectivity index (χ1) is 9.29. The first kappa shape index (κ1) is 14.1. The normalized spacial score (nSPS) is 17.2. The van der Waals surface area contributed by atoms with E-state index in [2.05, 4.69) is 6.92 Å². The lowest BCUT2D eigenvalue weighted by Crippen LogP contribution is -2.09. The van der Waals surface area contributed by atoms with Crippen molar-refractivity contribution in [2.45, 2.75) is 45.1 Å². The fourth-order valence-electron chi connectivity index (χ4n) is 1.98. The van der Waals surface area contributed by atoms with Crippen molar-refractivity contribution in [3.05, 3.63) is 35.4 Å². The zero-order valence-electron chi connectivity index (χ0n) is 11.6. The molecule has 0 radical (unpaired) electrons. The topological polar surface area (TPSA) is 38.8 Å². The molecule has 3 nitrogen and oxygen atoms in total. The van der Waals surface area contributed by atoms with Gasteiger partial charge < -0.3 is 9.47 Å². The molecule has 1 aliphatic rings. The van der Waals surface area contributed by atoms with E-state index in [1.165, 1.54) is 31.2 Å². The highest BCUT2D eigenvalue weighted by molar-refractivity contribution is 5.89. The average molecular weight is 262 g/mol. The van der Waals surface area contributed by atoms with E-state index < -0.39 is 0 Å². The van der Waals surface area contributed by atoms with Gasteiger partial charge in [-0.05, 0) is 30.5 Å². The van der Waals surface area contributed by atoms with E-state index in [0.29, 0.717) is 18.8 Å². The van der Waals surface area contributed by atoms with Gasteiger partial charge in [-0.1, -0.05) is 38.3 Å². The highest BCUT2D eigenvalue weighted by Crippen LogP contribution is 2.13. The van der Waals surface area contributed by atoms with Gasteiger partial charge in [0, 0.05) is 0 Å². The summed E-state index contributed by atoms with van der Waals surface area (Å²) in [6.45, 7) is 3.30. The number of benzene rings is 1. The lowest BCUT2D eigenvalue weighted by molar-refractivity contribution is 0.0476. The van der Waals surface area contributed by atoms with Crippen molar-refractivity contribution in [3.63, 3.8) is 0 Å². The second-order valence-electron chi connectivity index (χ2n) is 5.06. The Hall–Kier alpha value is -1.35. The van der Waals surface area contributed by atoms with Crippen molar-refractivity contribution >= 4 is 5.97 Å². The van der Waals surface area contributed by atoms with Gasteiger partial charge >= 0.3 is 5.97 Å². The van der Waals surface area contributed by atoms with E-state index in [1.807, 2.05) is 24.3 Å². The van der Waals surface area contributed by atoms with Crippen LogP contribution in [0.4, 0.5) is 0 Å². The fourth-order valence-corrected chi connectivity index (χ4v) is 1.98. The highest BCUT2D eigenvalue weighted by atomic mass is 16.6. The molecule has 0 aromatic heterocycles. The molecule has 1 saturated heterocycles. The molecule has 1 unspecified atom stereocenters. The summed E-state index contributed by atoms with van der Waals surface area (Å²) in [6.07, 6.45) is 6.27. The molecule has 104 valence electrons. The fraction of sp³-hybridized carbons (Fsp3) is 0.562. The Kier molecular flexibility index (Phi) is 5.40. The van der Waals surface area contributed by atoms with Gasteiger partial charge in [-0.15, -0.1) is 0 Å². The lowest BCUT2D eigenvalue weighted by Gasteiger charge is -2.05. The summed E-state index contributed by atoms with van der Waals surface area (Å²) in [5.74, 6) is -0.256. The third-order valence-corrected chi connectivity index (χ3v) is 3.31. The van der Waals surface area contributed by atoms with Crippen LogP contribution in [0.15, 0.2) is 24.3 Å². The van der Waals surface area contributed by atoms with Crippen LogP contribution in [0, 0.1) is 0 Å². The smallest absolute Gasteiger partial charge is 0.338 e. The van der Waals surface area contributed by atoms with Crippen molar-refractivity contribution in [1.29, 1.82) is 0 Å². The van der Waals surface area contributed by atoms with E-state index in [4.69, 9.17) is 9.47 Å². The number of epoxide rings is 1. The van der Waals surface area contributed by atoms with Gasteiger partial charge in [0.25, 0.3) is 0 Å². The van der Waals surface area contributed by atoms with Crippen LogP contribution in [-0.2, 0) is 15.9 Å². The summed E-state index contributed by atoms with van der Waals surface area (Å²) in [6, 6.07) is 7.75. The number of aryl methyl sites for hydroxylation is 1. The highest BCUT2D eigenvalue weighted by Gasteiger charge is 2.24. The van der Waals surface area contributed by atoms with E-state index in [1.54, 1.807) is 0 Å². The van der Waals surface area contributed by atoms with Gasteiger partial charge in [0.2, 0.25) is 0 Å². The van der Waals surface area contributed by atoms with Gasteiger partial charge in [-0.3, -0.25) is 0 Å². The Morgan fingerprint density at radius 3 is 2.63 bits per heavy atom. The molecule has 19 heavy (non-hydrogen) atoms.